The van der Waals surface area contributed by atoms with Gasteiger partial charge in [-0.3, -0.25) is 0 Å². The van der Waals surface area contributed by atoms with Crippen LogP contribution >= 0.6 is 11.8 Å². The quantitative estimate of drug-likeness (QED) is 0.440. The fourth-order valence-electron chi connectivity index (χ4n) is 1.52. The average Bonchev–Trinajstić information content (AvgIpc) is 2.57. The highest BCUT2D eigenvalue weighted by atomic mass is 32.2. The van der Waals surface area contributed by atoms with Crippen LogP contribution in [0.15, 0.2) is 28.3 Å². The van der Waals surface area contributed by atoms with Crippen LogP contribution in [0, 0.1) is 10.1 Å². The van der Waals surface area contributed by atoms with Gasteiger partial charge in [-0.2, -0.15) is 5.01 Å². The van der Waals surface area contributed by atoms with Gasteiger partial charge < -0.3 is 5.21 Å². The Morgan fingerprint density at radius 1 is 1.53 bits per heavy atom. The van der Waals surface area contributed by atoms with E-state index in [9.17, 15) is 10.1 Å². The van der Waals surface area contributed by atoms with Gasteiger partial charge in [0.15, 0.2) is 11.6 Å². The molecule has 0 amide bonds. The van der Waals surface area contributed by atoms with Gasteiger partial charge in [0.25, 0.3) is 0 Å². The van der Waals surface area contributed by atoms with E-state index in [0.717, 1.165) is 4.90 Å². The molecule has 2 rings (SSSR count). The van der Waals surface area contributed by atoms with Gasteiger partial charge in [0, 0.05) is 20.2 Å². The second-order valence-electron chi connectivity index (χ2n) is 3.57. The minimum Gasteiger partial charge on any atom is -0.606 e. The molecule has 1 aliphatic rings. The molecule has 0 radical (unpaired) electrons. The van der Waals surface area contributed by atoms with Crippen molar-refractivity contribution in [3.05, 3.63) is 28.3 Å². The number of rotatable bonds is 2. The van der Waals surface area contributed by atoms with Crippen LogP contribution in [0.4, 0.5) is 11.4 Å². The molecule has 1 aromatic rings. The van der Waals surface area contributed by atoms with Gasteiger partial charge in [-0.25, -0.2) is 4.76 Å². The molecule has 1 atom stereocenters. The molecule has 0 N–H and O–H groups in total. The van der Waals surface area contributed by atoms with Crippen LogP contribution in [0.1, 0.15) is 0 Å². The predicted molar refractivity (Wildman–Crippen MR) is 61.5 cm³/mol. The van der Waals surface area contributed by atoms with Crippen molar-refractivity contribution in [1.82, 2.24) is 9.76 Å². The van der Waals surface area contributed by atoms with Gasteiger partial charge in [0.05, 0.1) is 4.90 Å². The maximum Gasteiger partial charge on any atom is 0.169 e. The molecule has 0 fully saturated rings. The fourth-order valence-corrected chi connectivity index (χ4v) is 2.71. The summed E-state index contributed by atoms with van der Waals surface area (Å²) < 4.78 is -0.538. The Bertz CT molecular complexity index is 410. The molecule has 1 aliphatic heterocycles. The van der Waals surface area contributed by atoms with E-state index in [4.69, 9.17) is 0 Å². The molecular weight excluding hydrogens is 214 g/mol. The number of hydroxylamine groups is 1. The highest BCUT2D eigenvalue weighted by Crippen LogP contribution is 2.45. The summed E-state index contributed by atoms with van der Waals surface area (Å²) in [4.78, 5) is 11.3. The summed E-state index contributed by atoms with van der Waals surface area (Å²) in [5.74, 6) is 0.407. The Balaban J connectivity index is 2.53. The molecule has 1 aromatic carbocycles. The highest BCUT2D eigenvalue weighted by molar-refractivity contribution is 7.99. The van der Waals surface area contributed by atoms with E-state index < -0.39 is 4.76 Å². The minimum atomic E-state index is -0.538. The van der Waals surface area contributed by atoms with Crippen LogP contribution in [0.3, 0.4) is 0 Å². The van der Waals surface area contributed by atoms with Crippen LogP contribution in [0.25, 0.3) is 0 Å². The molecule has 0 aliphatic carbocycles. The summed E-state index contributed by atoms with van der Waals surface area (Å²) in [5.41, 5.74) is 0.901. The number of benzene rings is 1. The first-order chi connectivity index (χ1) is 7.08. The largest absolute Gasteiger partial charge is 0.606 e. The molecule has 0 bridgehead atoms. The summed E-state index contributed by atoms with van der Waals surface area (Å²) in [7, 11) is 3.45. The van der Waals surface area contributed by atoms with Crippen molar-refractivity contribution in [3.63, 3.8) is 0 Å². The van der Waals surface area contributed by atoms with Crippen LogP contribution in [-0.4, -0.2) is 25.0 Å². The predicted octanol–water partition coefficient (Wildman–Crippen LogP) is 2.43. The van der Waals surface area contributed by atoms with E-state index in [2.05, 4.69) is 5.18 Å². The van der Waals surface area contributed by atoms with Crippen molar-refractivity contribution >= 4 is 23.1 Å². The highest BCUT2D eigenvalue weighted by Gasteiger charge is 2.34. The number of nitroso groups, excluding NO2 is 1. The zero-order chi connectivity index (χ0) is 11.1. The van der Waals surface area contributed by atoms with E-state index in [1.165, 1.54) is 11.8 Å². The van der Waals surface area contributed by atoms with Gasteiger partial charge >= 0.3 is 0 Å². The van der Waals surface area contributed by atoms with Crippen molar-refractivity contribution in [3.8, 4) is 0 Å². The SMILES string of the molecule is CN(C)[N+]1([O-])CSc2ccc(N=O)cc21. The number of thioether (sulfide) groups is 1. The van der Waals surface area contributed by atoms with Gasteiger partial charge in [0.1, 0.15) is 5.69 Å². The lowest BCUT2D eigenvalue weighted by atomic mass is 10.3. The number of hydrogen-bond acceptors (Lipinski definition) is 5. The molecule has 15 heavy (non-hydrogen) atoms. The first kappa shape index (κ1) is 10.6. The summed E-state index contributed by atoms with van der Waals surface area (Å²) in [5, 5.41) is 16.8. The average molecular weight is 225 g/mol. The first-order valence-electron chi connectivity index (χ1n) is 4.45. The smallest absolute Gasteiger partial charge is 0.169 e. The third-order valence-corrected chi connectivity index (χ3v) is 3.60. The van der Waals surface area contributed by atoms with Gasteiger partial charge in [-0.15, -0.1) is 4.91 Å². The molecule has 1 heterocycles. The summed E-state index contributed by atoms with van der Waals surface area (Å²) in [6, 6.07) is 4.97. The first-order valence-corrected chi connectivity index (χ1v) is 5.44. The Hall–Kier alpha value is -0.950. The Kier molecular flexibility index (Phi) is 2.51. The summed E-state index contributed by atoms with van der Waals surface area (Å²) in [6.45, 7) is 0. The van der Waals surface area contributed by atoms with E-state index >= 15 is 0 Å². The molecule has 0 aromatic heterocycles. The van der Waals surface area contributed by atoms with Crippen molar-refractivity contribution in [2.75, 3.05) is 20.0 Å². The van der Waals surface area contributed by atoms with E-state index in [1.54, 1.807) is 37.3 Å². The van der Waals surface area contributed by atoms with Gasteiger partial charge in [-0.05, 0) is 17.3 Å². The second-order valence-corrected chi connectivity index (χ2v) is 4.55. The minimum absolute atomic E-state index is 0.302. The van der Waals surface area contributed by atoms with Crippen molar-refractivity contribution in [1.29, 1.82) is 0 Å². The molecule has 1 unspecified atom stereocenters. The number of fused-ring (bicyclic) bond motifs is 1. The second kappa shape index (κ2) is 3.57. The zero-order valence-electron chi connectivity index (χ0n) is 8.51. The van der Waals surface area contributed by atoms with Crippen molar-refractivity contribution in [2.45, 2.75) is 4.90 Å². The van der Waals surface area contributed by atoms with Crippen LogP contribution in [-0.2, 0) is 0 Å². The lowest BCUT2D eigenvalue weighted by Crippen LogP contribution is -2.51. The van der Waals surface area contributed by atoms with Crippen LogP contribution < -0.4 is 4.76 Å². The van der Waals surface area contributed by atoms with Crippen molar-refractivity contribution < 1.29 is 0 Å². The topological polar surface area (TPSA) is 55.7 Å². The fraction of sp³-hybridized carbons (Fsp3) is 0.333. The van der Waals surface area contributed by atoms with E-state index in [0.29, 0.717) is 17.3 Å². The zero-order valence-corrected chi connectivity index (χ0v) is 9.32. The monoisotopic (exact) mass is 225 g/mol. The standard InChI is InChI=1S/C9H11N3O2S/c1-11(2)12(14)6-15-9-4-3-7(10-13)5-8(9)12/h3-5H,6H2,1-2H3. The Morgan fingerprint density at radius 2 is 2.27 bits per heavy atom. The van der Waals surface area contributed by atoms with Gasteiger partial charge in [0.2, 0.25) is 0 Å². The third-order valence-electron chi connectivity index (χ3n) is 2.47. The van der Waals surface area contributed by atoms with Crippen molar-refractivity contribution in [2.24, 2.45) is 5.18 Å². The lowest BCUT2D eigenvalue weighted by Gasteiger charge is -2.41. The van der Waals surface area contributed by atoms with E-state index in [1.807, 2.05) is 0 Å². The molecule has 5 nitrogen and oxygen atoms in total. The van der Waals surface area contributed by atoms with E-state index in [-0.39, 0.29) is 0 Å². The lowest BCUT2D eigenvalue weighted by molar-refractivity contribution is 0.114. The molecule has 6 heteroatoms. The summed E-state index contributed by atoms with van der Waals surface area (Å²) in [6.07, 6.45) is 0. The molecule has 0 saturated carbocycles. The molecular formula is C9H11N3O2S. The van der Waals surface area contributed by atoms with Crippen LogP contribution in [0.5, 0.6) is 0 Å². The number of hydrogen-bond donors (Lipinski definition) is 0. The maximum absolute atomic E-state index is 12.4. The molecule has 0 saturated heterocycles. The Morgan fingerprint density at radius 3 is 2.87 bits per heavy atom. The number of nitrogens with zero attached hydrogens (tertiary/aromatic N) is 3. The normalized spacial score (nSPS) is 24.3. The number of quaternary nitrogens is 1. The van der Waals surface area contributed by atoms with Gasteiger partial charge in [-0.1, -0.05) is 11.8 Å². The molecule has 80 valence electrons. The maximum atomic E-state index is 12.4. The van der Waals surface area contributed by atoms with Crippen LogP contribution in [0.2, 0.25) is 0 Å². The Labute approximate surface area is 91.8 Å². The third kappa shape index (κ3) is 1.55. The molecule has 0 spiro atoms. The summed E-state index contributed by atoms with van der Waals surface area (Å²) >= 11 is 1.50.